The number of nitrogens with one attached hydrogen (secondary N) is 2. The van der Waals surface area contributed by atoms with Crippen LogP contribution in [0.3, 0.4) is 0 Å². The molecule has 0 aromatic heterocycles. The summed E-state index contributed by atoms with van der Waals surface area (Å²) in [6, 6.07) is 11.7. The number of carbonyl (C=O) groups excluding carboxylic acids is 2. The fourth-order valence-corrected chi connectivity index (χ4v) is 2.16. The first-order valence-electron chi connectivity index (χ1n) is 7.61. The van der Waals surface area contributed by atoms with Gasteiger partial charge in [0.1, 0.15) is 0 Å². The van der Waals surface area contributed by atoms with E-state index in [1.54, 1.807) is 31.2 Å². The van der Waals surface area contributed by atoms with Crippen LogP contribution >= 0.6 is 0 Å². The van der Waals surface area contributed by atoms with Crippen LogP contribution in [-0.4, -0.2) is 24.6 Å². The molecule has 0 saturated carbocycles. The Kier molecular flexibility index (Phi) is 6.11. The second-order valence-electron chi connectivity index (χ2n) is 5.38. The molecule has 0 aliphatic heterocycles. The molecule has 2 aromatic rings. The summed E-state index contributed by atoms with van der Waals surface area (Å²) in [6.07, 6.45) is -3.61. The highest BCUT2D eigenvalue weighted by atomic mass is 19.4. The minimum atomic E-state index is -4.52. The van der Waals surface area contributed by atoms with Crippen molar-refractivity contribution >= 4 is 18.0 Å². The van der Waals surface area contributed by atoms with Crippen molar-refractivity contribution in [3.63, 3.8) is 0 Å². The molecule has 2 amide bonds. The van der Waals surface area contributed by atoms with E-state index in [4.69, 9.17) is 0 Å². The van der Waals surface area contributed by atoms with Gasteiger partial charge in [-0.1, -0.05) is 36.4 Å². The third-order valence-electron chi connectivity index (χ3n) is 3.46. The van der Waals surface area contributed by atoms with E-state index in [2.05, 4.69) is 15.8 Å². The van der Waals surface area contributed by atoms with E-state index in [0.717, 1.165) is 17.8 Å². The first-order chi connectivity index (χ1) is 12.3. The number of nitrogens with zero attached hydrogens (tertiary/aromatic N) is 1. The van der Waals surface area contributed by atoms with Crippen LogP contribution < -0.4 is 10.7 Å². The molecule has 2 rings (SSSR count). The normalized spacial score (nSPS) is 11.4. The maximum atomic E-state index is 12.8. The Bertz CT molecular complexity index is 832. The van der Waals surface area contributed by atoms with Crippen LogP contribution in [0.2, 0.25) is 0 Å². The van der Waals surface area contributed by atoms with Crippen molar-refractivity contribution in [1.29, 1.82) is 0 Å². The molecule has 0 bridgehead atoms. The molecule has 0 heterocycles. The number of aryl methyl sites for hydroxylation is 1. The van der Waals surface area contributed by atoms with Gasteiger partial charge in [-0.05, 0) is 24.6 Å². The molecular formula is C18H16F3N3O2. The van der Waals surface area contributed by atoms with Crippen molar-refractivity contribution in [1.82, 2.24) is 10.7 Å². The predicted octanol–water partition coefficient (Wildman–Crippen LogP) is 2.89. The summed E-state index contributed by atoms with van der Waals surface area (Å²) in [7, 11) is 0. The van der Waals surface area contributed by atoms with E-state index in [-0.39, 0.29) is 12.1 Å². The van der Waals surface area contributed by atoms with Gasteiger partial charge in [-0.2, -0.15) is 18.3 Å². The summed E-state index contributed by atoms with van der Waals surface area (Å²) >= 11 is 0. The summed E-state index contributed by atoms with van der Waals surface area (Å²) < 4.78 is 38.5. The largest absolute Gasteiger partial charge is 0.417 e. The van der Waals surface area contributed by atoms with Crippen LogP contribution in [0.4, 0.5) is 13.2 Å². The molecule has 0 aliphatic rings. The number of hydrogen-bond acceptors (Lipinski definition) is 3. The molecule has 0 atom stereocenters. The van der Waals surface area contributed by atoms with E-state index in [0.29, 0.717) is 5.56 Å². The molecular weight excluding hydrogens is 347 g/mol. The summed E-state index contributed by atoms with van der Waals surface area (Å²) in [5.41, 5.74) is 2.24. The number of halogens is 3. The van der Waals surface area contributed by atoms with Crippen molar-refractivity contribution in [3.8, 4) is 0 Å². The van der Waals surface area contributed by atoms with Gasteiger partial charge >= 0.3 is 6.18 Å². The number of carbonyl (C=O) groups is 2. The molecule has 2 aromatic carbocycles. The Balaban J connectivity index is 1.91. The van der Waals surface area contributed by atoms with Gasteiger partial charge in [0.05, 0.1) is 18.3 Å². The molecule has 0 saturated heterocycles. The van der Waals surface area contributed by atoms with Gasteiger partial charge in [0.15, 0.2) is 0 Å². The zero-order chi connectivity index (χ0) is 19.2. The molecule has 0 radical (unpaired) electrons. The van der Waals surface area contributed by atoms with Crippen molar-refractivity contribution < 1.29 is 22.8 Å². The quantitative estimate of drug-likeness (QED) is 0.633. The van der Waals surface area contributed by atoms with Crippen LogP contribution in [0.15, 0.2) is 53.6 Å². The monoisotopic (exact) mass is 363 g/mol. The third-order valence-corrected chi connectivity index (χ3v) is 3.46. The van der Waals surface area contributed by atoms with Gasteiger partial charge in [-0.15, -0.1) is 0 Å². The molecule has 0 unspecified atom stereocenters. The highest BCUT2D eigenvalue weighted by Gasteiger charge is 2.32. The molecule has 0 aliphatic carbocycles. The lowest BCUT2D eigenvalue weighted by atomic mass is 10.1. The standard InChI is InChI=1S/C18H16F3N3O2/c1-12-6-2-4-8-14(12)17(26)22-11-16(25)24-23-10-13-7-3-5-9-15(13)18(19,20)21/h2-10H,11H2,1H3,(H,22,26)(H,24,25)/b23-10+. The minimum absolute atomic E-state index is 0.177. The predicted molar refractivity (Wildman–Crippen MR) is 90.7 cm³/mol. The van der Waals surface area contributed by atoms with E-state index in [9.17, 15) is 22.8 Å². The first-order valence-corrected chi connectivity index (χ1v) is 7.61. The maximum absolute atomic E-state index is 12.8. The molecule has 2 N–H and O–H groups in total. The summed E-state index contributed by atoms with van der Waals surface area (Å²) in [4.78, 5) is 23.6. The summed E-state index contributed by atoms with van der Waals surface area (Å²) in [5.74, 6) is -1.09. The Hall–Kier alpha value is -3.16. The van der Waals surface area contributed by atoms with Crippen LogP contribution in [0.25, 0.3) is 0 Å². The van der Waals surface area contributed by atoms with Gasteiger partial charge in [0, 0.05) is 11.1 Å². The fraction of sp³-hybridized carbons (Fsp3) is 0.167. The number of amides is 2. The number of rotatable bonds is 5. The van der Waals surface area contributed by atoms with E-state index >= 15 is 0 Å². The van der Waals surface area contributed by atoms with Crippen LogP contribution in [0.1, 0.15) is 27.0 Å². The van der Waals surface area contributed by atoms with Gasteiger partial charge in [0.2, 0.25) is 0 Å². The van der Waals surface area contributed by atoms with Crippen molar-refractivity contribution in [2.45, 2.75) is 13.1 Å². The highest BCUT2D eigenvalue weighted by Crippen LogP contribution is 2.30. The SMILES string of the molecule is Cc1ccccc1C(=O)NCC(=O)N/N=C/c1ccccc1C(F)(F)F. The summed E-state index contributed by atoms with van der Waals surface area (Å²) in [5, 5.41) is 5.93. The lowest BCUT2D eigenvalue weighted by Gasteiger charge is -2.09. The minimum Gasteiger partial charge on any atom is -0.343 e. The highest BCUT2D eigenvalue weighted by molar-refractivity contribution is 5.97. The molecule has 136 valence electrons. The molecule has 5 nitrogen and oxygen atoms in total. The van der Waals surface area contributed by atoms with Gasteiger partial charge < -0.3 is 5.32 Å². The average molecular weight is 363 g/mol. The number of benzene rings is 2. The van der Waals surface area contributed by atoms with Crippen molar-refractivity contribution in [3.05, 3.63) is 70.8 Å². The number of hydrogen-bond donors (Lipinski definition) is 2. The Morgan fingerprint density at radius 1 is 1.08 bits per heavy atom. The topological polar surface area (TPSA) is 70.6 Å². The van der Waals surface area contributed by atoms with Crippen LogP contribution in [0.5, 0.6) is 0 Å². The van der Waals surface area contributed by atoms with Crippen molar-refractivity contribution in [2.24, 2.45) is 5.10 Å². The Labute approximate surface area is 147 Å². The number of hydrazone groups is 1. The van der Waals surface area contributed by atoms with E-state index in [1.807, 2.05) is 0 Å². The second kappa shape index (κ2) is 8.28. The lowest BCUT2D eigenvalue weighted by Crippen LogP contribution is -2.35. The zero-order valence-electron chi connectivity index (χ0n) is 13.8. The average Bonchev–Trinajstić information content (AvgIpc) is 2.59. The van der Waals surface area contributed by atoms with Crippen molar-refractivity contribution in [2.75, 3.05) is 6.54 Å². The van der Waals surface area contributed by atoms with Gasteiger partial charge in [-0.25, -0.2) is 5.43 Å². The Morgan fingerprint density at radius 2 is 1.73 bits per heavy atom. The molecule has 26 heavy (non-hydrogen) atoms. The molecule has 0 spiro atoms. The second-order valence-corrected chi connectivity index (χ2v) is 5.38. The van der Waals surface area contributed by atoms with E-state index in [1.165, 1.54) is 18.2 Å². The van der Waals surface area contributed by atoms with Crippen LogP contribution in [-0.2, 0) is 11.0 Å². The molecule has 8 heteroatoms. The summed E-state index contributed by atoms with van der Waals surface area (Å²) in [6.45, 7) is 1.41. The zero-order valence-corrected chi connectivity index (χ0v) is 13.8. The van der Waals surface area contributed by atoms with Crippen LogP contribution in [0, 0.1) is 6.92 Å². The first kappa shape index (κ1) is 19.2. The number of alkyl halides is 3. The molecule has 0 fully saturated rings. The smallest absolute Gasteiger partial charge is 0.343 e. The van der Waals surface area contributed by atoms with E-state index < -0.39 is 23.6 Å². The Morgan fingerprint density at radius 3 is 2.42 bits per heavy atom. The third kappa shape index (κ3) is 5.17. The fourth-order valence-electron chi connectivity index (χ4n) is 2.16. The maximum Gasteiger partial charge on any atom is 0.417 e. The lowest BCUT2D eigenvalue weighted by molar-refractivity contribution is -0.137. The van der Waals surface area contributed by atoms with Gasteiger partial charge in [-0.3, -0.25) is 9.59 Å². The van der Waals surface area contributed by atoms with Gasteiger partial charge in [0.25, 0.3) is 11.8 Å².